The summed E-state index contributed by atoms with van der Waals surface area (Å²) in [6, 6.07) is 6.36. The third-order valence-corrected chi connectivity index (χ3v) is 4.24. The molecule has 1 fully saturated rings. The Labute approximate surface area is 126 Å². The van der Waals surface area contributed by atoms with Crippen molar-refractivity contribution in [2.24, 2.45) is 0 Å². The van der Waals surface area contributed by atoms with E-state index in [1.54, 1.807) is 19.1 Å². The highest BCUT2D eigenvalue weighted by Crippen LogP contribution is 2.28. The summed E-state index contributed by atoms with van der Waals surface area (Å²) in [5, 5.41) is 0. The van der Waals surface area contributed by atoms with Crippen molar-refractivity contribution in [2.75, 3.05) is 37.4 Å². The lowest BCUT2D eigenvalue weighted by Crippen LogP contribution is -2.55. The summed E-state index contributed by atoms with van der Waals surface area (Å²) in [5.74, 6) is -0.323. The molecule has 2 rings (SSSR count). The first-order chi connectivity index (χ1) is 9.93. The molecular weight excluding hydrogens is 266 g/mol. The number of benzene rings is 1. The Morgan fingerprint density at radius 2 is 1.95 bits per heavy atom. The van der Waals surface area contributed by atoms with Crippen LogP contribution in [-0.2, 0) is 4.74 Å². The number of carbonyl (C=O) groups excluding carboxylic acids is 1. The molecule has 0 saturated carbocycles. The van der Waals surface area contributed by atoms with Crippen LogP contribution in [0.4, 0.5) is 11.4 Å². The van der Waals surface area contributed by atoms with Crippen LogP contribution >= 0.6 is 0 Å². The molecule has 0 radical (unpaired) electrons. The van der Waals surface area contributed by atoms with Gasteiger partial charge in [-0.2, -0.15) is 0 Å². The van der Waals surface area contributed by atoms with Crippen molar-refractivity contribution < 1.29 is 9.53 Å². The summed E-state index contributed by atoms with van der Waals surface area (Å²) in [6.45, 7) is 8.46. The Bertz CT molecular complexity index is 506. The van der Waals surface area contributed by atoms with Crippen LogP contribution in [0, 0.1) is 0 Å². The summed E-state index contributed by atoms with van der Waals surface area (Å²) in [4.78, 5) is 16.4. The van der Waals surface area contributed by atoms with E-state index >= 15 is 0 Å². The van der Waals surface area contributed by atoms with Gasteiger partial charge in [0.25, 0.3) is 0 Å². The maximum Gasteiger partial charge on any atom is 0.338 e. The van der Waals surface area contributed by atoms with E-state index in [0.717, 1.165) is 18.8 Å². The quantitative estimate of drug-likeness (QED) is 0.681. The van der Waals surface area contributed by atoms with E-state index in [9.17, 15) is 4.79 Å². The van der Waals surface area contributed by atoms with Crippen LogP contribution in [0.15, 0.2) is 18.2 Å². The molecule has 1 heterocycles. The van der Waals surface area contributed by atoms with Gasteiger partial charge in [0.2, 0.25) is 0 Å². The van der Waals surface area contributed by atoms with Gasteiger partial charge in [0.1, 0.15) is 0 Å². The number of hydrogen-bond acceptors (Lipinski definition) is 5. The van der Waals surface area contributed by atoms with Crippen molar-refractivity contribution in [3.05, 3.63) is 23.8 Å². The van der Waals surface area contributed by atoms with E-state index in [1.165, 1.54) is 0 Å². The standard InChI is InChI=1S/C16H25N3O2/c1-5-21-16(20)13-6-7-15(14(17)8-13)19-9-11(2)18(4)12(3)10-19/h6-8,11-12H,5,9-10,17H2,1-4H3. The number of hydrogen-bond donors (Lipinski definition) is 1. The van der Waals surface area contributed by atoms with Gasteiger partial charge in [-0.3, -0.25) is 4.90 Å². The minimum Gasteiger partial charge on any atom is -0.462 e. The van der Waals surface area contributed by atoms with Crippen molar-refractivity contribution in [1.82, 2.24) is 4.90 Å². The largest absolute Gasteiger partial charge is 0.462 e. The molecule has 2 atom stereocenters. The van der Waals surface area contributed by atoms with E-state index in [0.29, 0.717) is 29.9 Å². The lowest BCUT2D eigenvalue weighted by atomic mass is 10.1. The Morgan fingerprint density at radius 3 is 2.48 bits per heavy atom. The molecule has 5 heteroatoms. The molecular formula is C16H25N3O2. The predicted octanol–water partition coefficient (Wildman–Crippen LogP) is 1.97. The fourth-order valence-electron chi connectivity index (χ4n) is 2.79. The van der Waals surface area contributed by atoms with Crippen LogP contribution in [0.2, 0.25) is 0 Å². The number of nitrogens with two attached hydrogens (primary N) is 1. The predicted molar refractivity (Wildman–Crippen MR) is 85.7 cm³/mol. The van der Waals surface area contributed by atoms with Gasteiger partial charge in [0.05, 0.1) is 23.5 Å². The van der Waals surface area contributed by atoms with Crippen LogP contribution in [0.1, 0.15) is 31.1 Å². The Morgan fingerprint density at radius 1 is 1.33 bits per heavy atom. The van der Waals surface area contributed by atoms with E-state index in [4.69, 9.17) is 10.5 Å². The van der Waals surface area contributed by atoms with Gasteiger partial charge in [-0.05, 0) is 46.0 Å². The van der Waals surface area contributed by atoms with Crippen LogP contribution in [0.5, 0.6) is 0 Å². The van der Waals surface area contributed by atoms with Gasteiger partial charge in [-0.15, -0.1) is 0 Å². The number of nitrogen functional groups attached to an aromatic ring is 1. The summed E-state index contributed by atoms with van der Waals surface area (Å²) in [5.41, 5.74) is 8.28. The highest BCUT2D eigenvalue weighted by Gasteiger charge is 2.27. The number of ether oxygens (including phenoxy) is 1. The van der Waals surface area contributed by atoms with Gasteiger partial charge < -0.3 is 15.4 Å². The third kappa shape index (κ3) is 3.29. The maximum absolute atomic E-state index is 11.7. The van der Waals surface area contributed by atoms with Crippen LogP contribution < -0.4 is 10.6 Å². The van der Waals surface area contributed by atoms with Crippen molar-refractivity contribution >= 4 is 17.3 Å². The number of likely N-dealkylation sites (N-methyl/N-ethyl adjacent to an activating group) is 1. The lowest BCUT2D eigenvalue weighted by molar-refractivity contribution is 0.0526. The molecule has 1 aliphatic rings. The first-order valence-electron chi connectivity index (χ1n) is 7.47. The molecule has 0 aromatic heterocycles. The molecule has 0 bridgehead atoms. The second-order valence-electron chi connectivity index (χ2n) is 5.76. The molecule has 2 N–H and O–H groups in total. The van der Waals surface area contributed by atoms with Crippen LogP contribution in [-0.4, -0.2) is 49.7 Å². The molecule has 0 spiro atoms. The van der Waals surface area contributed by atoms with Crippen LogP contribution in [0.3, 0.4) is 0 Å². The topological polar surface area (TPSA) is 58.8 Å². The smallest absolute Gasteiger partial charge is 0.338 e. The number of esters is 1. The summed E-state index contributed by atoms with van der Waals surface area (Å²) in [6.07, 6.45) is 0. The van der Waals surface area contributed by atoms with Crippen molar-refractivity contribution in [2.45, 2.75) is 32.9 Å². The Kier molecular flexibility index (Phi) is 4.73. The second kappa shape index (κ2) is 6.35. The van der Waals surface area contributed by atoms with Crippen molar-refractivity contribution in [3.63, 3.8) is 0 Å². The molecule has 0 amide bonds. The number of rotatable bonds is 3. The Hall–Kier alpha value is -1.75. The maximum atomic E-state index is 11.7. The molecule has 1 saturated heterocycles. The SMILES string of the molecule is CCOC(=O)c1ccc(N2CC(C)N(C)C(C)C2)c(N)c1. The average molecular weight is 291 g/mol. The normalized spacial score (nSPS) is 23.1. The van der Waals surface area contributed by atoms with Gasteiger partial charge in [0, 0.05) is 25.2 Å². The molecule has 116 valence electrons. The number of anilines is 2. The van der Waals surface area contributed by atoms with E-state index in [-0.39, 0.29) is 5.97 Å². The monoisotopic (exact) mass is 291 g/mol. The van der Waals surface area contributed by atoms with E-state index in [2.05, 4.69) is 30.7 Å². The number of piperazine rings is 1. The van der Waals surface area contributed by atoms with Gasteiger partial charge in [0.15, 0.2) is 0 Å². The van der Waals surface area contributed by atoms with Gasteiger partial charge in [-0.25, -0.2) is 4.79 Å². The molecule has 1 aromatic rings. The first-order valence-corrected chi connectivity index (χ1v) is 7.47. The fraction of sp³-hybridized carbons (Fsp3) is 0.562. The second-order valence-corrected chi connectivity index (χ2v) is 5.76. The summed E-state index contributed by atoms with van der Waals surface area (Å²) in [7, 11) is 2.15. The molecule has 1 aliphatic heterocycles. The first kappa shape index (κ1) is 15.6. The minimum absolute atomic E-state index is 0.323. The molecule has 5 nitrogen and oxygen atoms in total. The fourth-order valence-corrected chi connectivity index (χ4v) is 2.79. The zero-order valence-corrected chi connectivity index (χ0v) is 13.3. The zero-order valence-electron chi connectivity index (χ0n) is 13.3. The minimum atomic E-state index is -0.323. The summed E-state index contributed by atoms with van der Waals surface area (Å²) < 4.78 is 5.00. The highest BCUT2D eigenvalue weighted by atomic mass is 16.5. The highest BCUT2D eigenvalue weighted by molar-refractivity contribution is 5.92. The van der Waals surface area contributed by atoms with E-state index in [1.807, 2.05) is 6.07 Å². The summed E-state index contributed by atoms with van der Waals surface area (Å²) >= 11 is 0. The van der Waals surface area contributed by atoms with E-state index < -0.39 is 0 Å². The number of nitrogens with zero attached hydrogens (tertiary/aromatic N) is 2. The Balaban J connectivity index is 2.19. The molecule has 2 unspecified atom stereocenters. The molecule has 21 heavy (non-hydrogen) atoms. The van der Waals surface area contributed by atoms with Gasteiger partial charge in [-0.1, -0.05) is 0 Å². The average Bonchev–Trinajstić information content (AvgIpc) is 2.44. The third-order valence-electron chi connectivity index (χ3n) is 4.24. The number of carbonyl (C=O) groups is 1. The van der Waals surface area contributed by atoms with Crippen LogP contribution in [0.25, 0.3) is 0 Å². The molecule has 0 aliphatic carbocycles. The van der Waals surface area contributed by atoms with Gasteiger partial charge >= 0.3 is 5.97 Å². The van der Waals surface area contributed by atoms with Crippen molar-refractivity contribution in [3.8, 4) is 0 Å². The lowest BCUT2D eigenvalue weighted by Gasteiger charge is -2.43. The van der Waals surface area contributed by atoms with Crippen molar-refractivity contribution in [1.29, 1.82) is 0 Å². The molecule has 1 aromatic carbocycles. The zero-order chi connectivity index (χ0) is 15.6.